The van der Waals surface area contributed by atoms with Crippen molar-refractivity contribution >= 4 is 0 Å². The number of ether oxygens (including phenoxy) is 2. The van der Waals surface area contributed by atoms with Gasteiger partial charge in [-0.25, -0.2) is 0 Å². The van der Waals surface area contributed by atoms with Crippen LogP contribution >= 0.6 is 0 Å². The fourth-order valence-corrected chi connectivity index (χ4v) is 2.43. The second-order valence-corrected chi connectivity index (χ2v) is 7.08. The molecule has 22 heavy (non-hydrogen) atoms. The van der Waals surface area contributed by atoms with Crippen molar-refractivity contribution in [3.8, 4) is 5.75 Å². The van der Waals surface area contributed by atoms with Crippen LogP contribution in [-0.2, 0) is 4.74 Å². The second kappa shape index (κ2) is 6.96. The van der Waals surface area contributed by atoms with Gasteiger partial charge < -0.3 is 24.8 Å². The van der Waals surface area contributed by atoms with Crippen LogP contribution in [-0.4, -0.2) is 46.8 Å². The van der Waals surface area contributed by atoms with Gasteiger partial charge in [-0.15, -0.1) is 0 Å². The lowest BCUT2D eigenvalue weighted by Gasteiger charge is -2.36. The summed E-state index contributed by atoms with van der Waals surface area (Å²) in [5.41, 5.74) is 0.783. The molecule has 0 bridgehead atoms. The highest BCUT2D eigenvalue weighted by Gasteiger charge is 2.37. The third kappa shape index (κ3) is 4.43. The third-order valence-electron chi connectivity index (χ3n) is 3.61. The summed E-state index contributed by atoms with van der Waals surface area (Å²) in [5.74, 6) is 0.698. The molecule has 1 aromatic carbocycles. The van der Waals surface area contributed by atoms with E-state index < -0.39 is 24.4 Å². The third-order valence-corrected chi connectivity index (χ3v) is 3.61. The van der Waals surface area contributed by atoms with E-state index >= 15 is 0 Å². The summed E-state index contributed by atoms with van der Waals surface area (Å²) in [6.45, 7) is 6.67. The summed E-state index contributed by atoms with van der Waals surface area (Å²) in [4.78, 5) is 0. The first kappa shape index (κ1) is 17.2. The quantitative estimate of drug-likeness (QED) is 0.788. The van der Waals surface area contributed by atoms with Crippen molar-refractivity contribution in [1.82, 2.24) is 0 Å². The second-order valence-electron chi connectivity index (χ2n) is 7.08. The largest absolute Gasteiger partial charge is 0.493 e. The lowest BCUT2D eigenvalue weighted by atomic mass is 9.93. The SMILES string of the molecule is CC(C)(C)COc1cccc(C2OC(CO)CC(O)C2O)c1. The molecule has 0 radical (unpaired) electrons. The standard InChI is InChI=1S/C17H26O5/c1-17(2,3)10-21-12-6-4-5-11(7-12)16-15(20)14(19)8-13(9-18)22-16/h4-7,13-16,18-20H,8-10H2,1-3H3. The van der Waals surface area contributed by atoms with Crippen molar-refractivity contribution in [3.63, 3.8) is 0 Å². The lowest BCUT2D eigenvalue weighted by Crippen LogP contribution is -2.44. The van der Waals surface area contributed by atoms with Crippen LogP contribution in [0.1, 0.15) is 38.9 Å². The van der Waals surface area contributed by atoms with E-state index in [0.29, 0.717) is 12.4 Å². The molecule has 5 nitrogen and oxygen atoms in total. The average molecular weight is 310 g/mol. The maximum absolute atomic E-state index is 10.2. The minimum Gasteiger partial charge on any atom is -0.493 e. The smallest absolute Gasteiger partial charge is 0.119 e. The van der Waals surface area contributed by atoms with Crippen LogP contribution in [0.3, 0.4) is 0 Å². The van der Waals surface area contributed by atoms with Crippen molar-refractivity contribution in [2.24, 2.45) is 5.41 Å². The first-order chi connectivity index (χ1) is 10.3. The number of hydrogen-bond donors (Lipinski definition) is 3. The topological polar surface area (TPSA) is 79.2 Å². The van der Waals surface area contributed by atoms with Crippen molar-refractivity contribution in [3.05, 3.63) is 29.8 Å². The van der Waals surface area contributed by atoms with Crippen LogP contribution in [0.2, 0.25) is 0 Å². The number of aliphatic hydroxyl groups is 3. The van der Waals surface area contributed by atoms with Gasteiger partial charge in [0, 0.05) is 6.42 Å². The van der Waals surface area contributed by atoms with Crippen LogP contribution in [0.4, 0.5) is 0 Å². The summed E-state index contributed by atoms with van der Waals surface area (Å²) in [5, 5.41) is 29.3. The molecule has 1 aromatic rings. The molecule has 1 aliphatic rings. The van der Waals surface area contributed by atoms with Gasteiger partial charge in [-0.3, -0.25) is 0 Å². The molecular formula is C17H26O5. The number of benzene rings is 1. The number of hydrogen-bond acceptors (Lipinski definition) is 5. The minimum absolute atomic E-state index is 0.0506. The minimum atomic E-state index is -1.01. The van der Waals surface area contributed by atoms with Gasteiger partial charge in [-0.2, -0.15) is 0 Å². The van der Waals surface area contributed by atoms with Gasteiger partial charge in [0.15, 0.2) is 0 Å². The highest BCUT2D eigenvalue weighted by atomic mass is 16.5. The molecular weight excluding hydrogens is 284 g/mol. The van der Waals surface area contributed by atoms with Gasteiger partial charge in [-0.05, 0) is 23.1 Å². The highest BCUT2D eigenvalue weighted by Crippen LogP contribution is 2.33. The summed E-state index contributed by atoms with van der Waals surface area (Å²) in [7, 11) is 0. The molecule has 0 aromatic heterocycles. The van der Waals surface area contributed by atoms with Gasteiger partial charge in [0.25, 0.3) is 0 Å². The Morgan fingerprint density at radius 1 is 1.27 bits per heavy atom. The molecule has 0 amide bonds. The summed E-state index contributed by atoms with van der Waals surface area (Å²) < 4.78 is 11.5. The Bertz CT molecular complexity index is 482. The molecule has 1 aliphatic heterocycles. The van der Waals surface area contributed by atoms with E-state index in [0.717, 1.165) is 5.56 Å². The van der Waals surface area contributed by atoms with Gasteiger partial charge in [0.2, 0.25) is 0 Å². The van der Waals surface area contributed by atoms with E-state index in [4.69, 9.17) is 9.47 Å². The van der Waals surface area contributed by atoms with Crippen LogP contribution in [0.15, 0.2) is 24.3 Å². The van der Waals surface area contributed by atoms with Crippen LogP contribution < -0.4 is 4.74 Å². The predicted molar refractivity (Wildman–Crippen MR) is 82.7 cm³/mol. The maximum Gasteiger partial charge on any atom is 0.119 e. The summed E-state index contributed by atoms with van der Waals surface area (Å²) in [6, 6.07) is 7.32. The van der Waals surface area contributed by atoms with E-state index in [1.165, 1.54) is 0 Å². The Hall–Kier alpha value is -1.14. The Labute approximate surface area is 131 Å². The lowest BCUT2D eigenvalue weighted by molar-refractivity contribution is -0.179. The van der Waals surface area contributed by atoms with E-state index in [-0.39, 0.29) is 18.4 Å². The predicted octanol–water partition coefficient (Wildman–Crippen LogP) is 1.66. The molecule has 1 fully saturated rings. The zero-order chi connectivity index (χ0) is 16.3. The van der Waals surface area contributed by atoms with E-state index in [1.807, 2.05) is 24.3 Å². The van der Waals surface area contributed by atoms with Crippen LogP contribution in [0, 0.1) is 5.41 Å². The Balaban J connectivity index is 2.13. The molecule has 0 aliphatic carbocycles. The van der Waals surface area contributed by atoms with E-state index in [1.54, 1.807) is 0 Å². The van der Waals surface area contributed by atoms with Gasteiger partial charge in [0.1, 0.15) is 18.0 Å². The Kier molecular flexibility index (Phi) is 5.45. The fourth-order valence-electron chi connectivity index (χ4n) is 2.43. The van der Waals surface area contributed by atoms with Crippen molar-refractivity contribution in [2.45, 2.75) is 51.6 Å². The molecule has 1 saturated heterocycles. The van der Waals surface area contributed by atoms with Crippen molar-refractivity contribution in [2.75, 3.05) is 13.2 Å². The zero-order valence-electron chi connectivity index (χ0n) is 13.4. The molecule has 124 valence electrons. The summed E-state index contributed by atoms with van der Waals surface area (Å²) >= 11 is 0. The first-order valence-electron chi connectivity index (χ1n) is 7.65. The Morgan fingerprint density at radius 3 is 2.64 bits per heavy atom. The molecule has 2 rings (SSSR count). The molecule has 4 unspecified atom stereocenters. The molecule has 1 heterocycles. The van der Waals surface area contributed by atoms with Gasteiger partial charge in [0.05, 0.1) is 25.4 Å². The molecule has 0 spiro atoms. The molecule has 4 atom stereocenters. The van der Waals surface area contributed by atoms with E-state index in [9.17, 15) is 15.3 Å². The van der Waals surface area contributed by atoms with Gasteiger partial charge >= 0.3 is 0 Å². The first-order valence-corrected chi connectivity index (χ1v) is 7.65. The van der Waals surface area contributed by atoms with Crippen LogP contribution in [0.25, 0.3) is 0 Å². The van der Waals surface area contributed by atoms with Gasteiger partial charge in [-0.1, -0.05) is 32.9 Å². The number of aliphatic hydroxyl groups excluding tert-OH is 3. The Morgan fingerprint density at radius 2 is 2.00 bits per heavy atom. The van der Waals surface area contributed by atoms with Crippen LogP contribution in [0.5, 0.6) is 5.75 Å². The molecule has 0 saturated carbocycles. The number of rotatable bonds is 4. The monoisotopic (exact) mass is 310 g/mol. The summed E-state index contributed by atoms with van der Waals surface area (Å²) in [6.07, 6.45) is -2.83. The fraction of sp³-hybridized carbons (Fsp3) is 0.647. The molecule has 5 heteroatoms. The van der Waals surface area contributed by atoms with E-state index in [2.05, 4.69) is 20.8 Å². The maximum atomic E-state index is 10.2. The normalized spacial score (nSPS) is 29.4. The highest BCUT2D eigenvalue weighted by molar-refractivity contribution is 5.31. The zero-order valence-corrected chi connectivity index (χ0v) is 13.4. The average Bonchev–Trinajstić information content (AvgIpc) is 2.47. The van der Waals surface area contributed by atoms with Crippen molar-refractivity contribution in [1.29, 1.82) is 0 Å². The van der Waals surface area contributed by atoms with Crippen molar-refractivity contribution < 1.29 is 24.8 Å². The molecule has 3 N–H and O–H groups in total.